The van der Waals surface area contributed by atoms with E-state index in [9.17, 15) is 4.79 Å². The van der Waals surface area contributed by atoms with E-state index in [1.807, 2.05) is 6.92 Å². The summed E-state index contributed by atoms with van der Waals surface area (Å²) in [6.07, 6.45) is 1.68. The van der Waals surface area contributed by atoms with Crippen molar-refractivity contribution in [1.29, 1.82) is 0 Å². The zero-order chi connectivity index (χ0) is 12.5. The third-order valence-electron chi connectivity index (χ3n) is 3.11. The zero-order valence-corrected chi connectivity index (χ0v) is 10.7. The highest BCUT2D eigenvalue weighted by Crippen LogP contribution is 2.31. The van der Waals surface area contributed by atoms with Gasteiger partial charge in [0.15, 0.2) is 5.78 Å². The summed E-state index contributed by atoms with van der Waals surface area (Å²) in [6.45, 7) is 2.48. The van der Waals surface area contributed by atoms with E-state index in [0.717, 1.165) is 12.8 Å². The second-order valence-corrected chi connectivity index (χ2v) is 4.77. The van der Waals surface area contributed by atoms with Crippen LogP contribution in [-0.4, -0.2) is 25.1 Å². The van der Waals surface area contributed by atoms with Gasteiger partial charge >= 0.3 is 0 Å². The summed E-state index contributed by atoms with van der Waals surface area (Å²) >= 11 is 6.01. The number of hydrogen-bond donors (Lipinski definition) is 0. The molecule has 1 atom stereocenters. The largest absolute Gasteiger partial charge is 0.495 e. The molecule has 1 unspecified atom stereocenters. The number of rotatable bonds is 3. The van der Waals surface area contributed by atoms with Crippen LogP contribution in [0.2, 0.25) is 5.02 Å². The Morgan fingerprint density at radius 3 is 2.82 bits per heavy atom. The van der Waals surface area contributed by atoms with Crippen molar-refractivity contribution in [1.82, 2.24) is 0 Å². The average Bonchev–Trinajstić information content (AvgIpc) is 2.76. The van der Waals surface area contributed by atoms with Crippen LogP contribution in [0.25, 0.3) is 0 Å². The molecular weight excluding hydrogens is 240 g/mol. The lowest BCUT2D eigenvalue weighted by molar-refractivity contribution is 0.0213. The summed E-state index contributed by atoms with van der Waals surface area (Å²) in [5, 5.41) is 0.444. The second-order valence-electron chi connectivity index (χ2n) is 4.36. The Morgan fingerprint density at radius 2 is 2.29 bits per heavy atom. The van der Waals surface area contributed by atoms with Gasteiger partial charge in [-0.2, -0.15) is 0 Å². The molecule has 17 heavy (non-hydrogen) atoms. The standard InChI is InChI=1S/C13H15ClO3/c1-13(6-3-7-17-13)12(15)9-4-5-11(16-2)10(14)8-9/h4-5,8H,3,6-7H2,1-2H3. The molecule has 1 aromatic rings. The molecule has 3 nitrogen and oxygen atoms in total. The normalized spacial score (nSPS) is 23.7. The highest BCUT2D eigenvalue weighted by atomic mass is 35.5. The monoisotopic (exact) mass is 254 g/mol. The molecule has 0 radical (unpaired) electrons. The van der Waals surface area contributed by atoms with Gasteiger partial charge in [0.1, 0.15) is 11.4 Å². The Kier molecular flexibility index (Phi) is 3.40. The highest BCUT2D eigenvalue weighted by Gasteiger charge is 2.38. The van der Waals surface area contributed by atoms with Crippen molar-refractivity contribution in [3.05, 3.63) is 28.8 Å². The Morgan fingerprint density at radius 1 is 1.53 bits per heavy atom. The van der Waals surface area contributed by atoms with Gasteiger partial charge in [-0.1, -0.05) is 11.6 Å². The van der Waals surface area contributed by atoms with Gasteiger partial charge in [-0.15, -0.1) is 0 Å². The summed E-state index contributed by atoms with van der Waals surface area (Å²) in [7, 11) is 1.55. The number of carbonyl (C=O) groups is 1. The molecule has 0 bridgehead atoms. The summed E-state index contributed by atoms with van der Waals surface area (Å²) < 4.78 is 10.6. The van der Waals surface area contributed by atoms with E-state index in [0.29, 0.717) is 22.9 Å². The van der Waals surface area contributed by atoms with Crippen LogP contribution >= 0.6 is 11.6 Å². The molecule has 2 rings (SSSR count). The van der Waals surface area contributed by atoms with Gasteiger partial charge in [0.05, 0.1) is 12.1 Å². The second kappa shape index (κ2) is 4.67. The van der Waals surface area contributed by atoms with Crippen molar-refractivity contribution >= 4 is 17.4 Å². The number of halogens is 1. The van der Waals surface area contributed by atoms with Gasteiger partial charge in [-0.25, -0.2) is 0 Å². The smallest absolute Gasteiger partial charge is 0.194 e. The minimum absolute atomic E-state index is 0.0143. The molecule has 0 amide bonds. The predicted octanol–water partition coefficient (Wildman–Crippen LogP) is 3.10. The minimum atomic E-state index is -0.697. The summed E-state index contributed by atoms with van der Waals surface area (Å²) in [4.78, 5) is 12.3. The van der Waals surface area contributed by atoms with Gasteiger partial charge in [0.25, 0.3) is 0 Å². The van der Waals surface area contributed by atoms with E-state index < -0.39 is 5.60 Å². The van der Waals surface area contributed by atoms with Crippen molar-refractivity contribution < 1.29 is 14.3 Å². The molecule has 0 saturated carbocycles. The molecule has 1 aliphatic rings. The van der Waals surface area contributed by atoms with Gasteiger partial charge in [-0.3, -0.25) is 4.79 Å². The number of benzene rings is 1. The van der Waals surface area contributed by atoms with Crippen LogP contribution in [0.5, 0.6) is 5.75 Å². The Bertz CT molecular complexity index is 436. The first-order valence-electron chi connectivity index (χ1n) is 5.59. The maximum absolute atomic E-state index is 12.3. The molecule has 0 aliphatic carbocycles. The van der Waals surface area contributed by atoms with Gasteiger partial charge in [0, 0.05) is 12.2 Å². The Labute approximate surface area is 106 Å². The molecule has 1 saturated heterocycles. The molecule has 92 valence electrons. The SMILES string of the molecule is COc1ccc(C(=O)C2(C)CCCO2)cc1Cl. The maximum atomic E-state index is 12.3. The van der Waals surface area contributed by atoms with Crippen LogP contribution in [0.1, 0.15) is 30.1 Å². The van der Waals surface area contributed by atoms with Crippen LogP contribution in [-0.2, 0) is 4.74 Å². The number of ketones is 1. The number of hydrogen-bond acceptors (Lipinski definition) is 3. The number of methoxy groups -OCH3 is 1. The van der Waals surface area contributed by atoms with Crippen LogP contribution in [0.4, 0.5) is 0 Å². The summed E-state index contributed by atoms with van der Waals surface area (Å²) in [5.74, 6) is 0.556. The molecular formula is C13H15ClO3. The van der Waals surface area contributed by atoms with E-state index in [1.54, 1.807) is 25.3 Å². The lowest BCUT2D eigenvalue weighted by Crippen LogP contribution is -2.34. The van der Waals surface area contributed by atoms with Crippen LogP contribution < -0.4 is 4.74 Å². The number of carbonyl (C=O) groups excluding carboxylic acids is 1. The first kappa shape index (κ1) is 12.4. The predicted molar refractivity (Wildman–Crippen MR) is 65.9 cm³/mol. The molecule has 4 heteroatoms. The van der Waals surface area contributed by atoms with Crippen molar-refractivity contribution in [3.63, 3.8) is 0 Å². The first-order chi connectivity index (χ1) is 8.07. The lowest BCUT2D eigenvalue weighted by Gasteiger charge is -2.21. The molecule has 1 fully saturated rings. The van der Waals surface area contributed by atoms with E-state index >= 15 is 0 Å². The first-order valence-corrected chi connectivity index (χ1v) is 5.97. The lowest BCUT2D eigenvalue weighted by atomic mass is 9.92. The highest BCUT2D eigenvalue weighted by molar-refractivity contribution is 6.32. The molecule has 1 heterocycles. The fourth-order valence-corrected chi connectivity index (χ4v) is 2.33. The summed E-state index contributed by atoms with van der Waals surface area (Å²) in [6, 6.07) is 5.06. The van der Waals surface area contributed by atoms with Crippen LogP contribution in [0.15, 0.2) is 18.2 Å². The van der Waals surface area contributed by atoms with Gasteiger partial charge in [-0.05, 0) is 38.0 Å². The molecule has 1 aromatic carbocycles. The molecule has 1 aliphatic heterocycles. The van der Waals surface area contributed by atoms with E-state index in [2.05, 4.69) is 0 Å². The maximum Gasteiger partial charge on any atom is 0.194 e. The molecule has 0 aromatic heterocycles. The quantitative estimate of drug-likeness (QED) is 0.778. The number of ether oxygens (including phenoxy) is 2. The summed E-state index contributed by atoms with van der Waals surface area (Å²) in [5.41, 5.74) is -0.127. The topological polar surface area (TPSA) is 35.5 Å². The van der Waals surface area contributed by atoms with E-state index in [1.165, 1.54) is 0 Å². The molecule has 0 spiro atoms. The third kappa shape index (κ3) is 2.31. The fraction of sp³-hybridized carbons (Fsp3) is 0.462. The van der Waals surface area contributed by atoms with Crippen molar-refractivity contribution in [2.24, 2.45) is 0 Å². The average molecular weight is 255 g/mol. The number of Topliss-reactive ketones (excluding diaryl/α,β-unsaturated/α-hetero) is 1. The zero-order valence-electron chi connectivity index (χ0n) is 9.96. The van der Waals surface area contributed by atoms with E-state index in [4.69, 9.17) is 21.1 Å². The van der Waals surface area contributed by atoms with Crippen molar-refractivity contribution in [2.75, 3.05) is 13.7 Å². The minimum Gasteiger partial charge on any atom is -0.495 e. The van der Waals surface area contributed by atoms with Crippen molar-refractivity contribution in [2.45, 2.75) is 25.4 Å². The van der Waals surface area contributed by atoms with Crippen LogP contribution in [0.3, 0.4) is 0 Å². The van der Waals surface area contributed by atoms with Crippen molar-refractivity contribution in [3.8, 4) is 5.75 Å². The fourth-order valence-electron chi connectivity index (χ4n) is 2.07. The van der Waals surface area contributed by atoms with Gasteiger partial charge < -0.3 is 9.47 Å². The Hall–Kier alpha value is -1.06. The van der Waals surface area contributed by atoms with E-state index in [-0.39, 0.29) is 5.78 Å². The van der Waals surface area contributed by atoms with Crippen LogP contribution in [0, 0.1) is 0 Å². The third-order valence-corrected chi connectivity index (χ3v) is 3.41. The Balaban J connectivity index is 2.28. The molecule has 0 N–H and O–H groups in total. The van der Waals surface area contributed by atoms with Gasteiger partial charge in [0.2, 0.25) is 0 Å².